The molecule has 2 heterocycles. The molecule has 0 unspecified atom stereocenters. The third-order valence-corrected chi connectivity index (χ3v) is 5.83. The summed E-state index contributed by atoms with van der Waals surface area (Å²) in [5, 5.41) is 13.4. The van der Waals surface area contributed by atoms with E-state index in [9.17, 15) is 22.7 Å². The fourth-order valence-corrected chi connectivity index (χ4v) is 4.32. The van der Waals surface area contributed by atoms with Gasteiger partial charge in [0, 0.05) is 18.8 Å². The minimum atomic E-state index is -3.69. The number of aromatic nitrogens is 3. The van der Waals surface area contributed by atoms with Crippen LogP contribution in [-0.4, -0.2) is 46.7 Å². The number of sulfonamides is 1. The van der Waals surface area contributed by atoms with Crippen molar-refractivity contribution in [1.29, 1.82) is 0 Å². The maximum atomic E-state index is 13.0. The molecule has 0 radical (unpaired) electrons. The van der Waals surface area contributed by atoms with Crippen LogP contribution < -0.4 is 9.62 Å². The molecule has 1 amide bonds. The van der Waals surface area contributed by atoms with Crippen LogP contribution in [0.4, 0.5) is 10.2 Å². The Balaban J connectivity index is 1.75. The monoisotopic (exact) mass is 431 g/mol. The molecule has 30 heavy (non-hydrogen) atoms. The number of anilines is 1. The molecule has 1 aromatic carbocycles. The van der Waals surface area contributed by atoms with Gasteiger partial charge in [-0.1, -0.05) is 12.1 Å². The predicted octanol–water partition coefficient (Wildman–Crippen LogP) is 1.73. The van der Waals surface area contributed by atoms with E-state index in [1.165, 1.54) is 36.8 Å². The van der Waals surface area contributed by atoms with E-state index < -0.39 is 27.5 Å². The number of hydrogen-bond donors (Lipinski definition) is 2. The van der Waals surface area contributed by atoms with Crippen LogP contribution in [-0.2, 0) is 16.6 Å². The molecule has 4 rings (SSSR count). The number of halogens is 1. The summed E-state index contributed by atoms with van der Waals surface area (Å²) in [5.41, 5.74) is 0.312. The molecule has 11 heteroatoms. The number of rotatable bonds is 6. The van der Waals surface area contributed by atoms with Crippen LogP contribution >= 0.6 is 0 Å². The average molecular weight is 431 g/mol. The minimum absolute atomic E-state index is 0.000308. The van der Waals surface area contributed by atoms with Crippen molar-refractivity contribution in [2.24, 2.45) is 0 Å². The first-order valence-electron chi connectivity index (χ1n) is 9.10. The van der Waals surface area contributed by atoms with Gasteiger partial charge in [0.1, 0.15) is 17.7 Å². The standard InChI is InChI=1S/C19H18FN5O4S/c1-30(28,29)25(13-6-7-13)18-14-9-21-10-23-15(14)17(26)16(24-18)19(27)22-8-11-2-4-12(20)5-3-11/h2-5,9-10,13,26H,6-8H2,1H3,(H,22,27). The van der Waals surface area contributed by atoms with Crippen LogP contribution in [0.2, 0.25) is 0 Å². The van der Waals surface area contributed by atoms with Crippen molar-refractivity contribution in [2.45, 2.75) is 25.4 Å². The summed E-state index contributed by atoms with van der Waals surface area (Å²) in [7, 11) is -3.69. The molecule has 1 saturated carbocycles. The van der Waals surface area contributed by atoms with Crippen LogP contribution in [0, 0.1) is 5.82 Å². The van der Waals surface area contributed by atoms with Crippen molar-refractivity contribution < 1.29 is 22.7 Å². The van der Waals surface area contributed by atoms with Gasteiger partial charge in [-0.25, -0.2) is 27.8 Å². The van der Waals surface area contributed by atoms with E-state index in [0.29, 0.717) is 18.4 Å². The van der Waals surface area contributed by atoms with Gasteiger partial charge in [-0.15, -0.1) is 0 Å². The Labute approximate surface area is 171 Å². The molecule has 1 aliphatic rings. The average Bonchev–Trinajstić information content (AvgIpc) is 3.53. The quantitative estimate of drug-likeness (QED) is 0.609. The van der Waals surface area contributed by atoms with Gasteiger partial charge < -0.3 is 10.4 Å². The van der Waals surface area contributed by atoms with Crippen molar-refractivity contribution in [1.82, 2.24) is 20.3 Å². The van der Waals surface area contributed by atoms with Gasteiger partial charge in [0.25, 0.3) is 5.91 Å². The van der Waals surface area contributed by atoms with Crippen molar-refractivity contribution in [2.75, 3.05) is 10.6 Å². The molecule has 0 saturated heterocycles. The summed E-state index contributed by atoms with van der Waals surface area (Å²) >= 11 is 0. The van der Waals surface area contributed by atoms with E-state index in [4.69, 9.17) is 0 Å². The van der Waals surface area contributed by atoms with Gasteiger partial charge in [-0.2, -0.15) is 0 Å². The van der Waals surface area contributed by atoms with Gasteiger partial charge in [0.15, 0.2) is 17.3 Å². The highest BCUT2D eigenvalue weighted by Crippen LogP contribution is 2.38. The highest BCUT2D eigenvalue weighted by atomic mass is 32.2. The Morgan fingerprint density at radius 1 is 1.30 bits per heavy atom. The van der Waals surface area contributed by atoms with Gasteiger partial charge in [0.05, 0.1) is 11.6 Å². The molecule has 0 aliphatic heterocycles. The Kier molecular flexibility index (Phi) is 4.98. The molecule has 0 spiro atoms. The number of pyridine rings is 1. The molecule has 2 aromatic heterocycles. The van der Waals surface area contributed by atoms with Crippen molar-refractivity contribution in [3.05, 3.63) is 53.9 Å². The minimum Gasteiger partial charge on any atom is -0.504 e. The van der Waals surface area contributed by atoms with Gasteiger partial charge >= 0.3 is 0 Å². The molecule has 2 N–H and O–H groups in total. The first-order valence-corrected chi connectivity index (χ1v) is 11.0. The van der Waals surface area contributed by atoms with Gasteiger partial charge in [0.2, 0.25) is 10.0 Å². The molecular formula is C19H18FN5O4S. The van der Waals surface area contributed by atoms with Crippen LogP contribution in [0.1, 0.15) is 28.9 Å². The number of nitrogens with zero attached hydrogens (tertiary/aromatic N) is 4. The summed E-state index contributed by atoms with van der Waals surface area (Å²) in [6.07, 6.45) is 4.93. The predicted molar refractivity (Wildman–Crippen MR) is 107 cm³/mol. The lowest BCUT2D eigenvalue weighted by atomic mass is 10.2. The zero-order valence-corrected chi connectivity index (χ0v) is 16.7. The van der Waals surface area contributed by atoms with Crippen LogP contribution in [0.15, 0.2) is 36.8 Å². The summed E-state index contributed by atoms with van der Waals surface area (Å²) in [6, 6.07) is 5.29. The second-order valence-electron chi connectivity index (χ2n) is 7.02. The number of amides is 1. The molecule has 9 nitrogen and oxygen atoms in total. The number of fused-ring (bicyclic) bond motifs is 1. The van der Waals surface area contributed by atoms with Crippen LogP contribution in [0.3, 0.4) is 0 Å². The Morgan fingerprint density at radius 3 is 2.63 bits per heavy atom. The van der Waals surface area contributed by atoms with Gasteiger partial charge in [-0.05, 0) is 30.5 Å². The smallest absolute Gasteiger partial charge is 0.274 e. The normalized spacial score (nSPS) is 13.9. The third kappa shape index (κ3) is 3.88. The molecule has 1 fully saturated rings. The van der Waals surface area contributed by atoms with E-state index in [-0.39, 0.29) is 35.0 Å². The summed E-state index contributed by atoms with van der Waals surface area (Å²) in [5.74, 6) is -1.59. The number of aromatic hydroxyl groups is 1. The maximum absolute atomic E-state index is 13.0. The summed E-state index contributed by atoms with van der Waals surface area (Å²) in [4.78, 5) is 24.9. The zero-order chi connectivity index (χ0) is 21.5. The number of hydrogen-bond acceptors (Lipinski definition) is 7. The topological polar surface area (TPSA) is 125 Å². The van der Waals surface area contributed by atoms with Crippen LogP contribution in [0.25, 0.3) is 10.9 Å². The van der Waals surface area contributed by atoms with E-state index in [2.05, 4.69) is 20.3 Å². The number of benzene rings is 1. The first-order chi connectivity index (χ1) is 14.3. The number of carbonyl (C=O) groups excluding carboxylic acids is 1. The third-order valence-electron chi connectivity index (χ3n) is 4.65. The molecule has 0 atom stereocenters. The molecule has 1 aliphatic carbocycles. The lowest BCUT2D eigenvalue weighted by Crippen LogP contribution is -2.34. The summed E-state index contributed by atoms with van der Waals surface area (Å²) in [6.45, 7) is 0.0653. The highest BCUT2D eigenvalue weighted by Gasteiger charge is 2.38. The van der Waals surface area contributed by atoms with Crippen LogP contribution in [0.5, 0.6) is 5.75 Å². The van der Waals surface area contributed by atoms with Crippen molar-refractivity contribution >= 4 is 32.7 Å². The Bertz CT molecular complexity index is 1230. The maximum Gasteiger partial charge on any atom is 0.274 e. The van der Waals surface area contributed by atoms with E-state index in [1.807, 2.05) is 0 Å². The lowest BCUT2D eigenvalue weighted by Gasteiger charge is -2.23. The first kappa shape index (κ1) is 20.0. The largest absolute Gasteiger partial charge is 0.504 e. The zero-order valence-electron chi connectivity index (χ0n) is 15.9. The highest BCUT2D eigenvalue weighted by molar-refractivity contribution is 7.92. The second-order valence-corrected chi connectivity index (χ2v) is 8.88. The number of nitrogens with one attached hydrogen (secondary N) is 1. The Morgan fingerprint density at radius 2 is 2.00 bits per heavy atom. The van der Waals surface area contributed by atoms with Crippen molar-refractivity contribution in [3.63, 3.8) is 0 Å². The fraction of sp³-hybridized carbons (Fsp3) is 0.263. The molecule has 3 aromatic rings. The SMILES string of the molecule is CS(=O)(=O)N(c1nc(C(=O)NCc2ccc(F)cc2)c(O)c2ncncc12)C1CC1. The molecule has 0 bridgehead atoms. The second kappa shape index (κ2) is 7.48. The fourth-order valence-electron chi connectivity index (χ4n) is 3.12. The molecule has 156 valence electrons. The Hall–Kier alpha value is -3.34. The van der Waals surface area contributed by atoms with Crippen molar-refractivity contribution in [3.8, 4) is 5.75 Å². The number of carbonyl (C=O) groups is 1. The van der Waals surface area contributed by atoms with E-state index >= 15 is 0 Å². The van der Waals surface area contributed by atoms with Gasteiger partial charge in [-0.3, -0.25) is 9.10 Å². The lowest BCUT2D eigenvalue weighted by molar-refractivity contribution is 0.0943. The van der Waals surface area contributed by atoms with E-state index in [1.54, 1.807) is 0 Å². The summed E-state index contributed by atoms with van der Waals surface area (Å²) < 4.78 is 39.0. The van der Waals surface area contributed by atoms with E-state index in [0.717, 1.165) is 10.6 Å². The molecular weight excluding hydrogens is 413 g/mol.